The van der Waals surface area contributed by atoms with Crippen LogP contribution in [0.15, 0.2) is 24.3 Å². The maximum Gasteiger partial charge on any atom is 0.236 e. The summed E-state index contributed by atoms with van der Waals surface area (Å²) >= 11 is 5.92. The molecule has 2 rings (SSSR count). The highest BCUT2D eigenvalue weighted by Crippen LogP contribution is 2.19. The van der Waals surface area contributed by atoms with E-state index in [0.29, 0.717) is 31.2 Å². The minimum atomic E-state index is -0.633. The lowest BCUT2D eigenvalue weighted by atomic mass is 9.97. The second kappa shape index (κ2) is 5.49. The van der Waals surface area contributed by atoms with Gasteiger partial charge in [0.1, 0.15) is 0 Å². The Hall–Kier alpha value is -1.10. The SMILES string of the molecule is CN(Cc1cccc(Cl)c1)C(=O)CN1CC(C)(O)C1. The number of likely N-dealkylation sites (tertiary alicyclic amines) is 1. The predicted molar refractivity (Wildman–Crippen MR) is 75.0 cm³/mol. The van der Waals surface area contributed by atoms with Gasteiger partial charge in [-0.1, -0.05) is 23.7 Å². The number of benzene rings is 1. The number of nitrogens with zero attached hydrogens (tertiary/aromatic N) is 2. The van der Waals surface area contributed by atoms with Crippen LogP contribution < -0.4 is 0 Å². The van der Waals surface area contributed by atoms with Crippen molar-refractivity contribution in [2.45, 2.75) is 19.1 Å². The molecule has 0 aromatic heterocycles. The van der Waals surface area contributed by atoms with Crippen molar-refractivity contribution in [1.29, 1.82) is 0 Å². The summed E-state index contributed by atoms with van der Waals surface area (Å²) in [7, 11) is 1.78. The summed E-state index contributed by atoms with van der Waals surface area (Å²) in [5.41, 5.74) is 0.380. The zero-order chi connectivity index (χ0) is 14.0. The Bertz CT molecular complexity index is 468. The van der Waals surface area contributed by atoms with E-state index in [4.69, 9.17) is 11.6 Å². The summed E-state index contributed by atoms with van der Waals surface area (Å²) in [6, 6.07) is 7.50. The van der Waals surface area contributed by atoms with Crippen LogP contribution in [0.25, 0.3) is 0 Å². The first-order chi connectivity index (χ1) is 8.85. The quantitative estimate of drug-likeness (QED) is 0.907. The Labute approximate surface area is 118 Å². The third-order valence-electron chi connectivity index (χ3n) is 3.22. The molecular weight excluding hydrogens is 264 g/mol. The molecule has 0 saturated carbocycles. The van der Waals surface area contributed by atoms with Gasteiger partial charge in [-0.2, -0.15) is 0 Å². The summed E-state index contributed by atoms with van der Waals surface area (Å²) in [5.74, 6) is 0.0514. The lowest BCUT2D eigenvalue weighted by molar-refractivity contribution is -0.139. The molecule has 19 heavy (non-hydrogen) atoms. The summed E-state index contributed by atoms with van der Waals surface area (Å²) in [5, 5.41) is 10.3. The van der Waals surface area contributed by atoms with Gasteiger partial charge in [-0.05, 0) is 24.6 Å². The van der Waals surface area contributed by atoms with E-state index in [1.807, 2.05) is 29.2 Å². The van der Waals surface area contributed by atoms with Crippen LogP contribution in [-0.4, -0.2) is 53.1 Å². The fraction of sp³-hybridized carbons (Fsp3) is 0.500. The number of hydrogen-bond acceptors (Lipinski definition) is 3. The number of halogens is 1. The van der Waals surface area contributed by atoms with Gasteiger partial charge in [-0.3, -0.25) is 9.69 Å². The van der Waals surface area contributed by atoms with Crippen molar-refractivity contribution in [1.82, 2.24) is 9.80 Å². The van der Waals surface area contributed by atoms with E-state index in [9.17, 15) is 9.90 Å². The average Bonchev–Trinajstić information content (AvgIpc) is 2.26. The zero-order valence-corrected chi connectivity index (χ0v) is 12.0. The maximum atomic E-state index is 12.0. The van der Waals surface area contributed by atoms with E-state index < -0.39 is 5.60 Å². The molecule has 0 radical (unpaired) electrons. The first-order valence-electron chi connectivity index (χ1n) is 6.29. The molecule has 1 saturated heterocycles. The Morgan fingerprint density at radius 2 is 2.21 bits per heavy atom. The fourth-order valence-corrected chi connectivity index (χ4v) is 2.55. The van der Waals surface area contributed by atoms with Gasteiger partial charge in [-0.25, -0.2) is 0 Å². The van der Waals surface area contributed by atoms with Crippen LogP contribution in [0.3, 0.4) is 0 Å². The van der Waals surface area contributed by atoms with Crippen molar-refractivity contribution in [2.75, 3.05) is 26.7 Å². The molecule has 0 aliphatic carbocycles. The van der Waals surface area contributed by atoms with Crippen LogP contribution in [0.4, 0.5) is 0 Å². The van der Waals surface area contributed by atoms with Crippen LogP contribution in [0.1, 0.15) is 12.5 Å². The minimum Gasteiger partial charge on any atom is -0.388 e. The van der Waals surface area contributed by atoms with Gasteiger partial charge in [0.2, 0.25) is 5.91 Å². The van der Waals surface area contributed by atoms with Crippen molar-refractivity contribution in [3.8, 4) is 0 Å². The van der Waals surface area contributed by atoms with Crippen molar-refractivity contribution in [3.05, 3.63) is 34.9 Å². The van der Waals surface area contributed by atoms with E-state index in [1.165, 1.54) is 0 Å². The van der Waals surface area contributed by atoms with Crippen molar-refractivity contribution in [2.24, 2.45) is 0 Å². The van der Waals surface area contributed by atoms with Crippen LogP contribution >= 0.6 is 11.6 Å². The minimum absolute atomic E-state index is 0.0514. The molecular formula is C14H19ClN2O2. The molecule has 1 heterocycles. The molecule has 1 amide bonds. The number of rotatable bonds is 4. The number of aliphatic hydroxyl groups is 1. The molecule has 0 unspecified atom stereocenters. The van der Waals surface area contributed by atoms with Gasteiger partial charge in [0.25, 0.3) is 0 Å². The first kappa shape index (κ1) is 14.3. The standard InChI is InChI=1S/C14H19ClN2O2/c1-14(19)9-17(10-14)8-13(18)16(2)7-11-4-3-5-12(15)6-11/h3-6,19H,7-10H2,1-2H3. The lowest BCUT2D eigenvalue weighted by Gasteiger charge is -2.44. The summed E-state index contributed by atoms with van der Waals surface area (Å²) < 4.78 is 0. The highest BCUT2D eigenvalue weighted by molar-refractivity contribution is 6.30. The molecule has 1 aromatic carbocycles. The number of likely N-dealkylation sites (N-methyl/N-ethyl adjacent to an activating group) is 1. The lowest BCUT2D eigenvalue weighted by Crippen LogP contribution is -2.61. The molecule has 5 heteroatoms. The molecule has 0 atom stereocenters. The molecule has 1 aromatic rings. The number of hydrogen-bond donors (Lipinski definition) is 1. The first-order valence-corrected chi connectivity index (χ1v) is 6.67. The highest BCUT2D eigenvalue weighted by atomic mass is 35.5. The third kappa shape index (κ3) is 3.93. The Kier molecular flexibility index (Phi) is 4.13. The van der Waals surface area contributed by atoms with Crippen molar-refractivity contribution < 1.29 is 9.90 Å². The van der Waals surface area contributed by atoms with Gasteiger partial charge in [0.05, 0.1) is 12.1 Å². The van der Waals surface area contributed by atoms with E-state index in [-0.39, 0.29) is 5.91 Å². The van der Waals surface area contributed by atoms with E-state index in [1.54, 1.807) is 18.9 Å². The van der Waals surface area contributed by atoms with Gasteiger partial charge in [-0.15, -0.1) is 0 Å². The third-order valence-corrected chi connectivity index (χ3v) is 3.46. The summed E-state index contributed by atoms with van der Waals surface area (Å²) in [6.45, 7) is 3.80. The molecule has 1 fully saturated rings. The van der Waals surface area contributed by atoms with E-state index in [0.717, 1.165) is 5.56 Å². The van der Waals surface area contributed by atoms with Gasteiger partial charge in [0.15, 0.2) is 0 Å². The number of carbonyl (C=O) groups is 1. The van der Waals surface area contributed by atoms with E-state index in [2.05, 4.69) is 0 Å². The van der Waals surface area contributed by atoms with Crippen LogP contribution in [0, 0.1) is 0 Å². The molecule has 1 aliphatic heterocycles. The summed E-state index contributed by atoms with van der Waals surface area (Å²) in [6.07, 6.45) is 0. The van der Waals surface area contributed by atoms with Crippen LogP contribution in [0.5, 0.6) is 0 Å². The number of β-amino-alcohol motifs (C(OH)–C–C–N with tert-alkyl or cyclic N) is 1. The second-order valence-electron chi connectivity index (χ2n) is 5.52. The molecule has 0 spiro atoms. The zero-order valence-electron chi connectivity index (χ0n) is 11.3. The maximum absolute atomic E-state index is 12.0. The molecule has 1 N–H and O–H groups in total. The van der Waals surface area contributed by atoms with Crippen LogP contribution in [-0.2, 0) is 11.3 Å². The van der Waals surface area contributed by atoms with Gasteiger partial charge in [0, 0.05) is 31.7 Å². The van der Waals surface area contributed by atoms with Crippen molar-refractivity contribution in [3.63, 3.8) is 0 Å². The van der Waals surface area contributed by atoms with Crippen molar-refractivity contribution >= 4 is 17.5 Å². The van der Waals surface area contributed by atoms with Gasteiger partial charge < -0.3 is 10.0 Å². The Balaban J connectivity index is 1.83. The fourth-order valence-electron chi connectivity index (χ4n) is 2.34. The summed E-state index contributed by atoms with van der Waals surface area (Å²) in [4.78, 5) is 15.6. The molecule has 104 valence electrons. The largest absolute Gasteiger partial charge is 0.388 e. The Morgan fingerprint density at radius 3 is 2.79 bits per heavy atom. The second-order valence-corrected chi connectivity index (χ2v) is 5.96. The van der Waals surface area contributed by atoms with E-state index >= 15 is 0 Å². The van der Waals surface area contributed by atoms with Gasteiger partial charge >= 0.3 is 0 Å². The molecule has 4 nitrogen and oxygen atoms in total. The number of amides is 1. The number of carbonyl (C=O) groups excluding carboxylic acids is 1. The topological polar surface area (TPSA) is 43.8 Å². The predicted octanol–water partition coefficient (Wildman–Crippen LogP) is 1.36. The normalized spacial score (nSPS) is 17.9. The Morgan fingerprint density at radius 1 is 1.53 bits per heavy atom. The molecule has 0 bridgehead atoms. The monoisotopic (exact) mass is 282 g/mol. The molecule has 1 aliphatic rings. The van der Waals surface area contributed by atoms with Crippen LogP contribution in [0.2, 0.25) is 5.02 Å². The highest BCUT2D eigenvalue weighted by Gasteiger charge is 2.37. The average molecular weight is 283 g/mol. The smallest absolute Gasteiger partial charge is 0.236 e.